The predicted molar refractivity (Wildman–Crippen MR) is 88.5 cm³/mol. The van der Waals surface area contributed by atoms with Crippen molar-refractivity contribution in [2.75, 3.05) is 18.4 Å². The zero-order chi connectivity index (χ0) is 16.2. The van der Waals surface area contributed by atoms with Gasteiger partial charge in [0.05, 0.1) is 0 Å². The fourth-order valence-corrected chi connectivity index (χ4v) is 2.88. The summed E-state index contributed by atoms with van der Waals surface area (Å²) in [4.78, 5) is 27.0. The third-order valence-corrected chi connectivity index (χ3v) is 4.02. The molecular formula is C17H21N5O. The van der Waals surface area contributed by atoms with Crippen LogP contribution in [0.25, 0.3) is 0 Å². The van der Waals surface area contributed by atoms with Gasteiger partial charge in [0.2, 0.25) is 5.91 Å². The molecule has 0 bridgehead atoms. The van der Waals surface area contributed by atoms with Crippen LogP contribution >= 0.6 is 0 Å². The van der Waals surface area contributed by atoms with E-state index in [2.05, 4.69) is 20.3 Å². The molecule has 1 fully saturated rings. The molecule has 6 heteroatoms. The largest absolute Gasteiger partial charge is 0.342 e. The molecule has 0 saturated carbocycles. The summed E-state index contributed by atoms with van der Waals surface area (Å²) in [6, 6.07) is 7.61. The Bertz CT molecular complexity index is 689. The second kappa shape index (κ2) is 6.73. The van der Waals surface area contributed by atoms with Crippen LogP contribution in [0, 0.1) is 6.92 Å². The van der Waals surface area contributed by atoms with Crippen LogP contribution < -0.4 is 5.32 Å². The van der Waals surface area contributed by atoms with Crippen LogP contribution in [0.15, 0.2) is 30.5 Å². The number of hydrogen-bond donors (Lipinski definition) is 1. The Morgan fingerprint density at radius 3 is 2.91 bits per heavy atom. The SMILES string of the molecule is CC(=O)N1CCC[C@@H](c2nc(C)cc(Nc3ccccn3)n2)C1. The van der Waals surface area contributed by atoms with Gasteiger partial charge in [-0.25, -0.2) is 15.0 Å². The van der Waals surface area contributed by atoms with E-state index in [0.717, 1.165) is 42.5 Å². The van der Waals surface area contributed by atoms with E-state index in [9.17, 15) is 4.79 Å². The van der Waals surface area contributed by atoms with Crippen molar-refractivity contribution in [1.29, 1.82) is 0 Å². The first-order valence-corrected chi connectivity index (χ1v) is 7.91. The lowest BCUT2D eigenvalue weighted by atomic mass is 9.97. The molecule has 0 aliphatic carbocycles. The summed E-state index contributed by atoms with van der Waals surface area (Å²) >= 11 is 0. The maximum atomic E-state index is 11.6. The topological polar surface area (TPSA) is 71.0 Å². The molecule has 3 rings (SSSR count). The summed E-state index contributed by atoms with van der Waals surface area (Å²) in [6.45, 7) is 5.10. The van der Waals surface area contributed by atoms with Gasteiger partial charge < -0.3 is 10.2 Å². The number of rotatable bonds is 3. The van der Waals surface area contributed by atoms with E-state index in [-0.39, 0.29) is 11.8 Å². The number of hydrogen-bond acceptors (Lipinski definition) is 5. The van der Waals surface area contributed by atoms with E-state index >= 15 is 0 Å². The molecule has 1 atom stereocenters. The molecule has 1 saturated heterocycles. The highest BCUT2D eigenvalue weighted by atomic mass is 16.2. The highest BCUT2D eigenvalue weighted by Crippen LogP contribution is 2.26. The van der Waals surface area contributed by atoms with Gasteiger partial charge in [-0.3, -0.25) is 4.79 Å². The Hall–Kier alpha value is -2.50. The van der Waals surface area contributed by atoms with Crippen molar-refractivity contribution in [3.63, 3.8) is 0 Å². The van der Waals surface area contributed by atoms with Crippen molar-refractivity contribution in [3.8, 4) is 0 Å². The van der Waals surface area contributed by atoms with Crippen molar-refractivity contribution in [2.24, 2.45) is 0 Å². The summed E-state index contributed by atoms with van der Waals surface area (Å²) in [6.07, 6.45) is 3.74. The molecule has 23 heavy (non-hydrogen) atoms. The van der Waals surface area contributed by atoms with Gasteiger partial charge in [-0.1, -0.05) is 6.07 Å². The van der Waals surface area contributed by atoms with Crippen LogP contribution in [0.1, 0.15) is 37.2 Å². The van der Waals surface area contributed by atoms with Gasteiger partial charge in [0, 0.05) is 43.9 Å². The van der Waals surface area contributed by atoms with E-state index in [1.807, 2.05) is 36.1 Å². The van der Waals surface area contributed by atoms with Crippen molar-refractivity contribution in [1.82, 2.24) is 19.9 Å². The average molecular weight is 311 g/mol. The number of piperidine rings is 1. The number of carbonyl (C=O) groups is 1. The lowest BCUT2D eigenvalue weighted by Crippen LogP contribution is -2.38. The highest BCUT2D eigenvalue weighted by molar-refractivity contribution is 5.73. The molecular weight excluding hydrogens is 290 g/mol. The lowest BCUT2D eigenvalue weighted by molar-refractivity contribution is -0.130. The first-order chi connectivity index (χ1) is 11.1. The zero-order valence-corrected chi connectivity index (χ0v) is 13.5. The van der Waals surface area contributed by atoms with Crippen LogP contribution in [-0.2, 0) is 4.79 Å². The minimum absolute atomic E-state index is 0.120. The van der Waals surface area contributed by atoms with Crippen LogP contribution in [0.3, 0.4) is 0 Å². The third-order valence-electron chi connectivity index (χ3n) is 4.02. The van der Waals surface area contributed by atoms with Gasteiger partial charge in [0.15, 0.2) is 0 Å². The molecule has 2 aromatic heterocycles. The third kappa shape index (κ3) is 3.83. The standard InChI is InChI=1S/C17H21N5O/c1-12-10-16(20-15-7-3-4-8-18-15)21-17(19-12)14-6-5-9-22(11-14)13(2)23/h3-4,7-8,10,14H,5-6,9,11H2,1-2H3,(H,18,19,20,21)/t14-/m1/s1. The van der Waals surface area contributed by atoms with Crippen LogP contribution in [-0.4, -0.2) is 38.8 Å². The van der Waals surface area contributed by atoms with E-state index in [4.69, 9.17) is 0 Å². The molecule has 1 aliphatic rings. The number of pyridine rings is 1. The maximum Gasteiger partial charge on any atom is 0.219 e. The Balaban J connectivity index is 1.81. The molecule has 1 aliphatic heterocycles. The van der Waals surface area contributed by atoms with Gasteiger partial charge >= 0.3 is 0 Å². The number of aromatic nitrogens is 3. The van der Waals surface area contributed by atoms with E-state index in [0.29, 0.717) is 6.54 Å². The summed E-state index contributed by atoms with van der Waals surface area (Å²) in [5.74, 6) is 2.61. The average Bonchev–Trinajstić information content (AvgIpc) is 2.55. The number of amides is 1. The van der Waals surface area contributed by atoms with Gasteiger partial charge in [-0.2, -0.15) is 0 Å². The molecule has 0 aromatic carbocycles. The Morgan fingerprint density at radius 1 is 1.30 bits per heavy atom. The van der Waals surface area contributed by atoms with Crippen molar-refractivity contribution >= 4 is 17.5 Å². The minimum atomic E-state index is 0.120. The first-order valence-electron chi connectivity index (χ1n) is 7.91. The number of aryl methyl sites for hydroxylation is 1. The quantitative estimate of drug-likeness (QED) is 0.943. The summed E-state index contributed by atoms with van der Waals surface area (Å²) in [7, 11) is 0. The van der Waals surface area contributed by atoms with Crippen LogP contribution in [0.4, 0.5) is 11.6 Å². The number of carbonyl (C=O) groups excluding carboxylic acids is 1. The lowest BCUT2D eigenvalue weighted by Gasteiger charge is -2.31. The fourth-order valence-electron chi connectivity index (χ4n) is 2.88. The monoisotopic (exact) mass is 311 g/mol. The van der Waals surface area contributed by atoms with Crippen molar-refractivity contribution in [2.45, 2.75) is 32.6 Å². The molecule has 120 valence electrons. The molecule has 3 heterocycles. The molecule has 0 unspecified atom stereocenters. The molecule has 2 aromatic rings. The van der Waals surface area contributed by atoms with E-state index < -0.39 is 0 Å². The van der Waals surface area contributed by atoms with Crippen molar-refractivity contribution in [3.05, 3.63) is 42.0 Å². The molecule has 6 nitrogen and oxygen atoms in total. The van der Waals surface area contributed by atoms with Gasteiger partial charge in [-0.05, 0) is 31.9 Å². The first kappa shape index (κ1) is 15.4. The summed E-state index contributed by atoms with van der Waals surface area (Å²) in [5, 5.41) is 3.22. The Morgan fingerprint density at radius 2 is 2.17 bits per heavy atom. The van der Waals surface area contributed by atoms with Gasteiger partial charge in [-0.15, -0.1) is 0 Å². The Kier molecular flexibility index (Phi) is 4.50. The fraction of sp³-hybridized carbons (Fsp3) is 0.412. The maximum absolute atomic E-state index is 11.6. The summed E-state index contributed by atoms with van der Waals surface area (Å²) in [5.41, 5.74) is 0.911. The van der Waals surface area contributed by atoms with Gasteiger partial charge in [0.1, 0.15) is 17.5 Å². The second-order valence-electron chi connectivity index (χ2n) is 5.90. The molecule has 0 radical (unpaired) electrons. The van der Waals surface area contributed by atoms with Crippen molar-refractivity contribution < 1.29 is 4.79 Å². The molecule has 1 N–H and O–H groups in total. The normalized spacial score (nSPS) is 17.8. The summed E-state index contributed by atoms with van der Waals surface area (Å²) < 4.78 is 0. The van der Waals surface area contributed by atoms with Crippen LogP contribution in [0.5, 0.6) is 0 Å². The number of likely N-dealkylation sites (tertiary alicyclic amines) is 1. The number of nitrogens with one attached hydrogen (secondary N) is 1. The molecule has 0 spiro atoms. The van der Waals surface area contributed by atoms with E-state index in [1.165, 1.54) is 0 Å². The highest BCUT2D eigenvalue weighted by Gasteiger charge is 2.25. The zero-order valence-electron chi connectivity index (χ0n) is 13.5. The minimum Gasteiger partial charge on any atom is -0.342 e. The smallest absolute Gasteiger partial charge is 0.219 e. The predicted octanol–water partition coefficient (Wildman–Crippen LogP) is 2.65. The van der Waals surface area contributed by atoms with E-state index in [1.54, 1.807) is 13.1 Å². The molecule has 1 amide bonds. The second-order valence-corrected chi connectivity index (χ2v) is 5.90. The number of anilines is 2. The van der Waals surface area contributed by atoms with Gasteiger partial charge in [0.25, 0.3) is 0 Å². The number of nitrogens with zero attached hydrogens (tertiary/aromatic N) is 4. The van der Waals surface area contributed by atoms with Crippen LogP contribution in [0.2, 0.25) is 0 Å². The Labute approximate surface area is 136 Å².